The van der Waals surface area contributed by atoms with Crippen molar-refractivity contribution in [2.45, 2.75) is 69.2 Å². The second-order valence-electron chi connectivity index (χ2n) is 8.77. The lowest BCUT2D eigenvalue weighted by Crippen LogP contribution is -2.51. The Labute approximate surface area is 179 Å². The third kappa shape index (κ3) is 5.03. The zero-order chi connectivity index (χ0) is 21.9. The van der Waals surface area contributed by atoms with Crippen LogP contribution in [0.25, 0.3) is 0 Å². The maximum absolute atomic E-state index is 13.0. The van der Waals surface area contributed by atoms with E-state index < -0.39 is 10.0 Å². The van der Waals surface area contributed by atoms with Crippen molar-refractivity contribution in [3.05, 3.63) is 29.8 Å². The van der Waals surface area contributed by atoms with E-state index in [4.69, 9.17) is 0 Å². The van der Waals surface area contributed by atoms with Gasteiger partial charge in [-0.05, 0) is 49.8 Å². The molecule has 2 saturated heterocycles. The molecule has 2 aliphatic heterocycles. The van der Waals surface area contributed by atoms with Crippen molar-refractivity contribution in [2.75, 3.05) is 26.2 Å². The quantitative estimate of drug-likeness (QED) is 0.713. The summed E-state index contributed by atoms with van der Waals surface area (Å²) < 4.78 is 27.4. The van der Waals surface area contributed by atoms with E-state index >= 15 is 0 Å². The van der Waals surface area contributed by atoms with Crippen LogP contribution < -0.4 is 5.32 Å². The van der Waals surface area contributed by atoms with Crippen molar-refractivity contribution in [3.63, 3.8) is 0 Å². The molecule has 166 valence electrons. The molecular formula is C22H33N3O4S. The van der Waals surface area contributed by atoms with Gasteiger partial charge >= 0.3 is 0 Å². The standard InChI is InChI=1S/C22H33N3O4S/c1-4-17(2)18-5-7-19(8-6-18)30(28,29)25-15-13-24(14-16-25)21(27)10-12-22(3)11-9-20(26)23-22/h5-8,17H,4,9-16H2,1-3H3,(H,23,26). The fourth-order valence-electron chi connectivity index (χ4n) is 4.11. The van der Waals surface area contributed by atoms with Gasteiger partial charge in [0.05, 0.1) is 4.90 Å². The predicted octanol–water partition coefficient (Wildman–Crippen LogP) is 2.48. The minimum Gasteiger partial charge on any atom is -0.351 e. The number of piperazine rings is 1. The molecule has 7 nitrogen and oxygen atoms in total. The normalized spacial score (nSPS) is 24.0. The van der Waals surface area contributed by atoms with Crippen LogP contribution >= 0.6 is 0 Å². The molecular weight excluding hydrogens is 402 g/mol. The summed E-state index contributed by atoms with van der Waals surface area (Å²) in [6, 6.07) is 7.16. The number of amides is 2. The van der Waals surface area contributed by atoms with E-state index in [0.717, 1.165) is 18.4 Å². The molecule has 0 radical (unpaired) electrons. The van der Waals surface area contributed by atoms with Crippen LogP contribution in [0, 0.1) is 0 Å². The summed E-state index contributed by atoms with van der Waals surface area (Å²) in [7, 11) is -3.55. The maximum Gasteiger partial charge on any atom is 0.243 e. The third-order valence-electron chi connectivity index (χ3n) is 6.53. The molecule has 0 aliphatic carbocycles. The predicted molar refractivity (Wildman–Crippen MR) is 116 cm³/mol. The van der Waals surface area contributed by atoms with Crippen LogP contribution in [0.15, 0.2) is 29.2 Å². The van der Waals surface area contributed by atoms with Crippen LogP contribution in [0.2, 0.25) is 0 Å². The number of nitrogens with one attached hydrogen (secondary N) is 1. The van der Waals surface area contributed by atoms with E-state index in [9.17, 15) is 18.0 Å². The van der Waals surface area contributed by atoms with Crippen molar-refractivity contribution >= 4 is 21.8 Å². The highest BCUT2D eigenvalue weighted by Crippen LogP contribution is 2.26. The van der Waals surface area contributed by atoms with Crippen LogP contribution in [0.1, 0.15) is 64.4 Å². The molecule has 2 amide bonds. The first-order valence-electron chi connectivity index (χ1n) is 10.8. The molecule has 1 aromatic carbocycles. The number of benzene rings is 1. The molecule has 2 heterocycles. The highest BCUT2D eigenvalue weighted by molar-refractivity contribution is 7.89. The van der Waals surface area contributed by atoms with Crippen LogP contribution in [-0.2, 0) is 19.6 Å². The van der Waals surface area contributed by atoms with E-state index in [1.165, 1.54) is 4.31 Å². The van der Waals surface area contributed by atoms with Crippen molar-refractivity contribution < 1.29 is 18.0 Å². The number of hydrogen-bond donors (Lipinski definition) is 1. The highest BCUT2D eigenvalue weighted by atomic mass is 32.2. The molecule has 0 bridgehead atoms. The second kappa shape index (κ2) is 9.06. The summed E-state index contributed by atoms with van der Waals surface area (Å²) >= 11 is 0. The Bertz CT molecular complexity index is 876. The van der Waals surface area contributed by atoms with E-state index in [1.54, 1.807) is 17.0 Å². The molecule has 2 aliphatic rings. The smallest absolute Gasteiger partial charge is 0.243 e. The lowest BCUT2D eigenvalue weighted by Gasteiger charge is -2.34. The zero-order valence-electron chi connectivity index (χ0n) is 18.2. The fraction of sp³-hybridized carbons (Fsp3) is 0.636. The molecule has 2 atom stereocenters. The second-order valence-corrected chi connectivity index (χ2v) is 10.7. The fourth-order valence-corrected chi connectivity index (χ4v) is 5.53. The first kappa shape index (κ1) is 22.7. The lowest BCUT2D eigenvalue weighted by molar-refractivity contribution is -0.133. The molecule has 0 aromatic heterocycles. The van der Waals surface area contributed by atoms with E-state index in [0.29, 0.717) is 56.3 Å². The van der Waals surface area contributed by atoms with Gasteiger partial charge < -0.3 is 10.2 Å². The molecule has 30 heavy (non-hydrogen) atoms. The van der Waals surface area contributed by atoms with Crippen LogP contribution in [0.4, 0.5) is 0 Å². The number of hydrogen-bond acceptors (Lipinski definition) is 4. The molecule has 8 heteroatoms. The molecule has 0 spiro atoms. The minimum atomic E-state index is -3.55. The topological polar surface area (TPSA) is 86.8 Å². The van der Waals surface area contributed by atoms with Crippen molar-refractivity contribution in [1.82, 2.24) is 14.5 Å². The van der Waals surface area contributed by atoms with Gasteiger partial charge in [-0.2, -0.15) is 4.31 Å². The van der Waals surface area contributed by atoms with Gasteiger partial charge in [0, 0.05) is 44.6 Å². The Kier molecular flexibility index (Phi) is 6.87. The van der Waals surface area contributed by atoms with Gasteiger partial charge in [-0.1, -0.05) is 26.0 Å². The Hall–Kier alpha value is -1.93. The molecule has 2 fully saturated rings. The number of carbonyl (C=O) groups is 2. The summed E-state index contributed by atoms with van der Waals surface area (Å²) in [5.41, 5.74) is 0.832. The average molecular weight is 436 g/mol. The van der Waals surface area contributed by atoms with Crippen molar-refractivity contribution in [3.8, 4) is 0 Å². The largest absolute Gasteiger partial charge is 0.351 e. The average Bonchev–Trinajstić information content (AvgIpc) is 3.10. The van der Waals surface area contributed by atoms with Crippen LogP contribution in [0.3, 0.4) is 0 Å². The molecule has 0 saturated carbocycles. The first-order valence-corrected chi connectivity index (χ1v) is 12.3. The van der Waals surface area contributed by atoms with Crippen LogP contribution in [0.5, 0.6) is 0 Å². The Morgan fingerprint density at radius 1 is 1.17 bits per heavy atom. The molecule has 3 rings (SSSR count). The van der Waals surface area contributed by atoms with Gasteiger partial charge in [0.1, 0.15) is 0 Å². The highest BCUT2D eigenvalue weighted by Gasteiger charge is 2.35. The summed E-state index contributed by atoms with van der Waals surface area (Å²) in [4.78, 5) is 26.1. The number of nitrogens with zero attached hydrogens (tertiary/aromatic N) is 2. The Morgan fingerprint density at radius 2 is 1.80 bits per heavy atom. The van der Waals surface area contributed by atoms with Crippen LogP contribution in [-0.4, -0.2) is 61.2 Å². The Balaban J connectivity index is 1.54. The first-order chi connectivity index (χ1) is 14.1. The van der Waals surface area contributed by atoms with Gasteiger partial charge in [-0.3, -0.25) is 9.59 Å². The van der Waals surface area contributed by atoms with Crippen molar-refractivity contribution in [2.24, 2.45) is 0 Å². The van der Waals surface area contributed by atoms with Crippen molar-refractivity contribution in [1.29, 1.82) is 0 Å². The number of carbonyl (C=O) groups excluding carboxylic acids is 2. The summed E-state index contributed by atoms with van der Waals surface area (Å²) in [5.74, 6) is 0.462. The third-order valence-corrected chi connectivity index (χ3v) is 8.44. The summed E-state index contributed by atoms with van der Waals surface area (Å²) in [6.07, 6.45) is 3.24. The van der Waals surface area contributed by atoms with E-state index in [1.807, 2.05) is 19.1 Å². The van der Waals surface area contributed by atoms with Gasteiger partial charge in [-0.25, -0.2) is 8.42 Å². The lowest BCUT2D eigenvalue weighted by atomic mass is 9.94. The summed E-state index contributed by atoms with van der Waals surface area (Å²) in [6.45, 7) is 7.60. The molecule has 1 aromatic rings. The van der Waals surface area contributed by atoms with Gasteiger partial charge in [-0.15, -0.1) is 0 Å². The molecule has 1 N–H and O–H groups in total. The monoisotopic (exact) mass is 435 g/mol. The van der Waals surface area contributed by atoms with Gasteiger partial charge in [0.25, 0.3) is 0 Å². The minimum absolute atomic E-state index is 0.0207. The number of rotatable bonds is 7. The van der Waals surface area contributed by atoms with Gasteiger partial charge in [0.2, 0.25) is 21.8 Å². The van der Waals surface area contributed by atoms with E-state index in [2.05, 4.69) is 19.2 Å². The zero-order valence-corrected chi connectivity index (χ0v) is 19.0. The number of sulfonamides is 1. The van der Waals surface area contributed by atoms with Gasteiger partial charge in [0.15, 0.2) is 0 Å². The van der Waals surface area contributed by atoms with E-state index in [-0.39, 0.29) is 17.4 Å². The molecule has 2 unspecified atom stereocenters. The summed E-state index contributed by atoms with van der Waals surface area (Å²) in [5, 5.41) is 2.95. The SMILES string of the molecule is CCC(C)c1ccc(S(=O)(=O)N2CCN(C(=O)CCC3(C)CCC(=O)N3)CC2)cc1. The Morgan fingerprint density at radius 3 is 2.33 bits per heavy atom. The maximum atomic E-state index is 13.0.